The van der Waals surface area contributed by atoms with Crippen molar-refractivity contribution in [2.75, 3.05) is 0 Å². The predicted octanol–water partition coefficient (Wildman–Crippen LogP) is 2.44. The van der Waals surface area contributed by atoms with Crippen molar-refractivity contribution < 1.29 is 9.90 Å². The lowest BCUT2D eigenvalue weighted by Crippen LogP contribution is -2.19. The average Bonchev–Trinajstić information content (AvgIpc) is 2.83. The largest absolute Gasteiger partial charge is 0.475 e. The van der Waals surface area contributed by atoms with E-state index in [4.69, 9.17) is 5.11 Å². The summed E-state index contributed by atoms with van der Waals surface area (Å²) in [6.07, 6.45) is 0. The highest BCUT2D eigenvalue weighted by Crippen LogP contribution is 2.26. The molecule has 0 saturated heterocycles. The molecule has 6 nitrogen and oxygen atoms in total. The van der Waals surface area contributed by atoms with Crippen molar-refractivity contribution in [1.82, 2.24) is 14.8 Å². The minimum atomic E-state index is -1.19. The molecular formula is C15H16N4O2. The maximum Gasteiger partial charge on any atom is 0.375 e. The molecule has 0 saturated carbocycles. The number of carboxylic acid groups (broad SMARTS) is 1. The number of rotatable bonds is 2. The highest BCUT2D eigenvalue weighted by Gasteiger charge is 2.27. The Labute approximate surface area is 122 Å². The lowest BCUT2D eigenvalue weighted by molar-refractivity contribution is 0.0683. The summed E-state index contributed by atoms with van der Waals surface area (Å²) in [6.45, 7) is 7.58. The zero-order valence-electron chi connectivity index (χ0n) is 12.4. The quantitative estimate of drug-likeness (QED) is 0.914. The van der Waals surface area contributed by atoms with Crippen LogP contribution in [-0.4, -0.2) is 25.8 Å². The number of aromatic carboxylic acids is 1. The minimum absolute atomic E-state index is 0.273. The van der Waals surface area contributed by atoms with Gasteiger partial charge in [0, 0.05) is 5.41 Å². The molecule has 1 N–H and O–H groups in total. The molecule has 0 atom stereocenters. The van der Waals surface area contributed by atoms with E-state index in [1.165, 1.54) is 4.68 Å². The van der Waals surface area contributed by atoms with E-state index in [1.807, 2.05) is 33.8 Å². The van der Waals surface area contributed by atoms with E-state index in [-0.39, 0.29) is 5.82 Å². The van der Waals surface area contributed by atoms with Gasteiger partial charge in [0.25, 0.3) is 5.82 Å². The van der Waals surface area contributed by atoms with Crippen LogP contribution in [0.4, 0.5) is 0 Å². The summed E-state index contributed by atoms with van der Waals surface area (Å²) in [7, 11) is 0. The Hall–Kier alpha value is -2.68. The molecule has 0 amide bonds. The number of aromatic nitrogens is 3. The molecule has 0 radical (unpaired) electrons. The van der Waals surface area contributed by atoms with E-state index < -0.39 is 11.4 Å². The highest BCUT2D eigenvalue weighted by molar-refractivity contribution is 5.83. The molecule has 2 rings (SSSR count). The standard InChI is InChI=1S/C15H16N4O2/c1-9-6-5-7-11(10(9)8-16)19-14(15(2,3)4)17-12(18-19)13(20)21/h5-7H,1-4H3,(H,20,21). The van der Waals surface area contributed by atoms with Gasteiger partial charge in [-0.25, -0.2) is 14.5 Å². The molecule has 0 fully saturated rings. The molecular weight excluding hydrogens is 268 g/mol. The Bertz CT molecular complexity index is 748. The van der Waals surface area contributed by atoms with Crippen LogP contribution in [-0.2, 0) is 5.41 Å². The number of aryl methyl sites for hydroxylation is 1. The third-order valence-electron chi connectivity index (χ3n) is 3.06. The fourth-order valence-corrected chi connectivity index (χ4v) is 2.03. The van der Waals surface area contributed by atoms with E-state index in [2.05, 4.69) is 16.2 Å². The minimum Gasteiger partial charge on any atom is -0.475 e. The van der Waals surface area contributed by atoms with Crippen LogP contribution < -0.4 is 0 Å². The SMILES string of the molecule is Cc1cccc(-n2nc(C(=O)O)nc2C(C)(C)C)c1C#N. The lowest BCUT2D eigenvalue weighted by atomic mass is 9.95. The topological polar surface area (TPSA) is 91.8 Å². The molecule has 1 aromatic heterocycles. The molecule has 1 aromatic carbocycles. The van der Waals surface area contributed by atoms with Crippen molar-refractivity contribution in [3.8, 4) is 11.8 Å². The number of hydrogen-bond acceptors (Lipinski definition) is 4. The number of carbonyl (C=O) groups is 1. The summed E-state index contributed by atoms with van der Waals surface area (Å²) in [5.41, 5.74) is 1.41. The molecule has 6 heteroatoms. The van der Waals surface area contributed by atoms with Gasteiger partial charge in [-0.2, -0.15) is 5.26 Å². The van der Waals surface area contributed by atoms with Gasteiger partial charge in [-0.1, -0.05) is 32.9 Å². The molecule has 0 aliphatic carbocycles. The molecule has 1 heterocycles. The second kappa shape index (κ2) is 5.02. The number of hydrogen-bond donors (Lipinski definition) is 1. The van der Waals surface area contributed by atoms with Crippen LogP contribution in [0.5, 0.6) is 0 Å². The molecule has 0 aliphatic heterocycles. The smallest absolute Gasteiger partial charge is 0.375 e. The van der Waals surface area contributed by atoms with Gasteiger partial charge in [0.1, 0.15) is 11.9 Å². The van der Waals surface area contributed by atoms with Crippen LogP contribution in [0, 0.1) is 18.3 Å². The van der Waals surface area contributed by atoms with Gasteiger partial charge in [-0.3, -0.25) is 0 Å². The summed E-state index contributed by atoms with van der Waals surface area (Å²) in [6, 6.07) is 7.51. The number of nitrogens with zero attached hydrogens (tertiary/aromatic N) is 4. The van der Waals surface area contributed by atoms with E-state index in [0.29, 0.717) is 17.1 Å². The van der Waals surface area contributed by atoms with Gasteiger partial charge in [0.15, 0.2) is 0 Å². The van der Waals surface area contributed by atoms with Gasteiger partial charge in [-0.05, 0) is 18.6 Å². The van der Waals surface area contributed by atoms with Gasteiger partial charge in [0.2, 0.25) is 0 Å². The van der Waals surface area contributed by atoms with Crippen LogP contribution in [0.15, 0.2) is 18.2 Å². The molecule has 0 spiro atoms. The third-order valence-corrected chi connectivity index (χ3v) is 3.06. The predicted molar refractivity (Wildman–Crippen MR) is 76.5 cm³/mol. The first-order chi connectivity index (χ1) is 9.75. The molecule has 0 aliphatic rings. The molecule has 0 unspecified atom stereocenters. The van der Waals surface area contributed by atoms with E-state index >= 15 is 0 Å². The summed E-state index contributed by atoms with van der Waals surface area (Å²) in [5.74, 6) is -0.960. The Morgan fingerprint density at radius 2 is 2.05 bits per heavy atom. The van der Waals surface area contributed by atoms with Crippen molar-refractivity contribution in [2.24, 2.45) is 0 Å². The average molecular weight is 284 g/mol. The fraction of sp³-hybridized carbons (Fsp3) is 0.333. The second-order valence-corrected chi connectivity index (χ2v) is 5.81. The fourth-order valence-electron chi connectivity index (χ4n) is 2.03. The zero-order chi connectivity index (χ0) is 15.8. The third kappa shape index (κ3) is 2.63. The van der Waals surface area contributed by atoms with Crippen LogP contribution >= 0.6 is 0 Å². The Kier molecular flexibility index (Phi) is 3.52. The van der Waals surface area contributed by atoms with Gasteiger partial charge >= 0.3 is 5.97 Å². The van der Waals surface area contributed by atoms with Crippen molar-refractivity contribution in [3.63, 3.8) is 0 Å². The van der Waals surface area contributed by atoms with Gasteiger partial charge < -0.3 is 5.11 Å². The first kappa shape index (κ1) is 14.7. The molecule has 108 valence electrons. The lowest BCUT2D eigenvalue weighted by Gasteiger charge is -2.19. The summed E-state index contributed by atoms with van der Waals surface area (Å²) in [5, 5.41) is 22.5. The molecule has 2 aromatic rings. The number of nitriles is 1. The zero-order valence-corrected chi connectivity index (χ0v) is 12.4. The van der Waals surface area contributed by atoms with Crippen LogP contribution in [0.25, 0.3) is 5.69 Å². The normalized spacial score (nSPS) is 11.2. The first-order valence-electron chi connectivity index (χ1n) is 6.46. The van der Waals surface area contributed by atoms with Crippen molar-refractivity contribution >= 4 is 5.97 Å². The second-order valence-electron chi connectivity index (χ2n) is 5.81. The Morgan fingerprint density at radius 1 is 1.38 bits per heavy atom. The van der Waals surface area contributed by atoms with Gasteiger partial charge in [-0.15, -0.1) is 5.10 Å². The Balaban J connectivity index is 2.78. The van der Waals surface area contributed by atoms with Crippen molar-refractivity contribution in [2.45, 2.75) is 33.1 Å². The van der Waals surface area contributed by atoms with Crippen molar-refractivity contribution in [1.29, 1.82) is 5.26 Å². The molecule has 0 bridgehead atoms. The van der Waals surface area contributed by atoms with E-state index in [9.17, 15) is 10.1 Å². The van der Waals surface area contributed by atoms with E-state index in [0.717, 1.165) is 5.56 Å². The first-order valence-corrected chi connectivity index (χ1v) is 6.46. The maximum absolute atomic E-state index is 11.1. The number of benzene rings is 1. The summed E-state index contributed by atoms with van der Waals surface area (Å²) in [4.78, 5) is 15.2. The maximum atomic E-state index is 11.1. The van der Waals surface area contributed by atoms with Crippen LogP contribution in [0.3, 0.4) is 0 Å². The van der Waals surface area contributed by atoms with Crippen LogP contribution in [0.1, 0.15) is 48.3 Å². The Morgan fingerprint density at radius 3 is 2.57 bits per heavy atom. The summed E-state index contributed by atoms with van der Waals surface area (Å²) >= 11 is 0. The van der Waals surface area contributed by atoms with Gasteiger partial charge in [0.05, 0.1) is 11.3 Å². The van der Waals surface area contributed by atoms with Crippen molar-refractivity contribution in [3.05, 3.63) is 41.0 Å². The monoisotopic (exact) mass is 284 g/mol. The number of carboxylic acids is 1. The molecule has 21 heavy (non-hydrogen) atoms. The van der Waals surface area contributed by atoms with E-state index in [1.54, 1.807) is 12.1 Å². The highest BCUT2D eigenvalue weighted by atomic mass is 16.4. The summed E-state index contributed by atoms with van der Waals surface area (Å²) < 4.78 is 1.45. The van der Waals surface area contributed by atoms with Crippen LogP contribution in [0.2, 0.25) is 0 Å².